The largest absolute Gasteiger partial charge is 0.375 e. The summed E-state index contributed by atoms with van der Waals surface area (Å²) in [6, 6.07) is 5.13. The molecule has 2 saturated heterocycles. The van der Waals surface area contributed by atoms with Crippen LogP contribution in [0, 0.1) is 5.92 Å². The summed E-state index contributed by atoms with van der Waals surface area (Å²) in [6.45, 7) is 4.02. The monoisotopic (exact) mass is 295 g/mol. The second kappa shape index (κ2) is 5.68. The number of carbonyl (C=O) groups excluding carboxylic acids is 1. The van der Waals surface area contributed by atoms with Crippen LogP contribution in [0.5, 0.6) is 0 Å². The first-order chi connectivity index (χ1) is 9.63. The number of carbonyl (C=O) groups is 1. The third-order valence-corrected chi connectivity index (χ3v) is 4.16. The summed E-state index contributed by atoms with van der Waals surface area (Å²) in [4.78, 5) is 20.6. The molecule has 0 aromatic carbocycles. The van der Waals surface area contributed by atoms with E-state index in [-0.39, 0.29) is 12.0 Å². The summed E-state index contributed by atoms with van der Waals surface area (Å²) >= 11 is 5.84. The molecule has 1 amide bonds. The van der Waals surface area contributed by atoms with Crippen LogP contribution < -0.4 is 0 Å². The third kappa shape index (κ3) is 2.80. The Balaban J connectivity index is 1.72. The smallest absolute Gasteiger partial charge is 0.272 e. The van der Waals surface area contributed by atoms with Crippen LogP contribution >= 0.6 is 11.6 Å². The summed E-state index contributed by atoms with van der Waals surface area (Å²) in [7, 11) is 2.09. The molecule has 0 radical (unpaired) electrons. The quantitative estimate of drug-likeness (QED) is 0.729. The Morgan fingerprint density at radius 2 is 2.25 bits per heavy atom. The number of hydrogen-bond acceptors (Lipinski definition) is 4. The van der Waals surface area contributed by atoms with Gasteiger partial charge in [-0.05, 0) is 19.2 Å². The first-order valence-electron chi connectivity index (χ1n) is 6.85. The molecule has 0 saturated carbocycles. The molecule has 0 aliphatic carbocycles. The Morgan fingerprint density at radius 1 is 1.40 bits per heavy atom. The van der Waals surface area contributed by atoms with E-state index in [9.17, 15) is 4.79 Å². The molecule has 0 bridgehead atoms. The van der Waals surface area contributed by atoms with Gasteiger partial charge in [-0.2, -0.15) is 0 Å². The average molecular weight is 296 g/mol. The highest BCUT2D eigenvalue weighted by molar-refractivity contribution is 6.29. The SMILES string of the molecule is CN1CCO[C@@H]2CN(C(=O)c3cccc(Cl)n3)C[C@@H]2C1. The van der Waals surface area contributed by atoms with E-state index in [0.29, 0.717) is 23.3 Å². The van der Waals surface area contributed by atoms with E-state index in [1.807, 2.05) is 4.90 Å². The van der Waals surface area contributed by atoms with Crippen LogP contribution in [0.3, 0.4) is 0 Å². The molecule has 2 aliphatic heterocycles. The molecule has 2 aliphatic rings. The van der Waals surface area contributed by atoms with Crippen LogP contribution in [0.1, 0.15) is 10.5 Å². The fourth-order valence-corrected chi connectivity index (χ4v) is 3.08. The molecule has 3 rings (SSSR count). The minimum Gasteiger partial charge on any atom is -0.375 e. The van der Waals surface area contributed by atoms with Crippen molar-refractivity contribution in [1.82, 2.24) is 14.8 Å². The van der Waals surface area contributed by atoms with Crippen LogP contribution in [-0.2, 0) is 4.74 Å². The molecule has 0 spiro atoms. The topological polar surface area (TPSA) is 45.7 Å². The van der Waals surface area contributed by atoms with Crippen molar-refractivity contribution in [2.75, 3.05) is 39.8 Å². The number of hydrogen-bond donors (Lipinski definition) is 0. The summed E-state index contributed by atoms with van der Waals surface area (Å²) in [5, 5.41) is 0.347. The van der Waals surface area contributed by atoms with Crippen molar-refractivity contribution in [2.45, 2.75) is 6.10 Å². The molecule has 6 heteroatoms. The van der Waals surface area contributed by atoms with Gasteiger partial charge >= 0.3 is 0 Å². The lowest BCUT2D eigenvalue weighted by Crippen LogP contribution is -2.32. The van der Waals surface area contributed by atoms with Gasteiger partial charge in [-0.15, -0.1) is 0 Å². The molecular formula is C14H18ClN3O2. The van der Waals surface area contributed by atoms with E-state index >= 15 is 0 Å². The van der Waals surface area contributed by atoms with Crippen LogP contribution in [0.25, 0.3) is 0 Å². The Hall–Kier alpha value is -1.17. The average Bonchev–Trinajstić information content (AvgIpc) is 2.73. The van der Waals surface area contributed by atoms with Gasteiger partial charge < -0.3 is 14.5 Å². The minimum atomic E-state index is -0.0631. The number of ether oxygens (including phenoxy) is 1. The van der Waals surface area contributed by atoms with Gasteiger partial charge in [0, 0.05) is 32.1 Å². The third-order valence-electron chi connectivity index (χ3n) is 3.95. The van der Waals surface area contributed by atoms with Gasteiger partial charge in [0.2, 0.25) is 0 Å². The maximum Gasteiger partial charge on any atom is 0.272 e. The van der Waals surface area contributed by atoms with E-state index < -0.39 is 0 Å². The Kier molecular flexibility index (Phi) is 3.92. The van der Waals surface area contributed by atoms with Crippen LogP contribution in [0.4, 0.5) is 0 Å². The van der Waals surface area contributed by atoms with Crippen molar-refractivity contribution < 1.29 is 9.53 Å². The molecule has 1 aromatic rings. The van der Waals surface area contributed by atoms with Crippen molar-refractivity contribution in [2.24, 2.45) is 5.92 Å². The van der Waals surface area contributed by atoms with E-state index in [4.69, 9.17) is 16.3 Å². The lowest BCUT2D eigenvalue weighted by molar-refractivity contribution is 0.0486. The van der Waals surface area contributed by atoms with E-state index in [1.165, 1.54) is 0 Å². The first-order valence-corrected chi connectivity index (χ1v) is 7.23. The van der Waals surface area contributed by atoms with Crippen molar-refractivity contribution >= 4 is 17.5 Å². The normalized spacial score (nSPS) is 27.2. The molecule has 3 heterocycles. The van der Waals surface area contributed by atoms with Gasteiger partial charge in [0.05, 0.1) is 12.7 Å². The zero-order chi connectivity index (χ0) is 14.1. The molecule has 0 N–H and O–H groups in total. The van der Waals surface area contributed by atoms with E-state index in [0.717, 1.165) is 26.2 Å². The molecule has 1 aromatic heterocycles. The number of aromatic nitrogens is 1. The number of nitrogens with zero attached hydrogens (tertiary/aromatic N) is 3. The maximum absolute atomic E-state index is 12.4. The maximum atomic E-state index is 12.4. The minimum absolute atomic E-state index is 0.0631. The van der Waals surface area contributed by atoms with Crippen molar-refractivity contribution in [1.29, 1.82) is 0 Å². The second-order valence-corrected chi connectivity index (χ2v) is 5.87. The van der Waals surface area contributed by atoms with Crippen LogP contribution in [0.2, 0.25) is 5.15 Å². The first kappa shape index (κ1) is 13.8. The molecule has 108 valence electrons. The number of amides is 1. The lowest BCUT2D eigenvalue weighted by Gasteiger charge is -2.19. The van der Waals surface area contributed by atoms with Gasteiger partial charge in [-0.3, -0.25) is 4.79 Å². The highest BCUT2D eigenvalue weighted by Crippen LogP contribution is 2.24. The Labute approximate surface area is 123 Å². The van der Waals surface area contributed by atoms with Gasteiger partial charge in [-0.25, -0.2) is 4.98 Å². The number of halogens is 1. The molecule has 2 atom stereocenters. The van der Waals surface area contributed by atoms with E-state index in [2.05, 4.69) is 16.9 Å². The summed E-state index contributed by atoms with van der Waals surface area (Å²) in [5.74, 6) is 0.317. The zero-order valence-corrected chi connectivity index (χ0v) is 12.2. The lowest BCUT2D eigenvalue weighted by atomic mass is 10.1. The standard InChI is InChI=1S/C14H18ClN3O2/c1-17-5-6-20-12-9-18(8-10(12)7-17)14(19)11-3-2-4-13(15)16-11/h2-4,10,12H,5-9H2,1H3/t10-,12+/m0/s1. The molecule has 20 heavy (non-hydrogen) atoms. The summed E-state index contributed by atoms with van der Waals surface area (Å²) in [5.41, 5.74) is 0.405. The summed E-state index contributed by atoms with van der Waals surface area (Å²) in [6.07, 6.45) is 0.142. The molecule has 2 fully saturated rings. The zero-order valence-electron chi connectivity index (χ0n) is 11.5. The predicted octanol–water partition coefficient (Wildman–Crippen LogP) is 1.14. The highest BCUT2D eigenvalue weighted by atomic mass is 35.5. The Bertz CT molecular complexity index is 511. The molecule has 5 nitrogen and oxygen atoms in total. The fourth-order valence-electron chi connectivity index (χ4n) is 2.91. The highest BCUT2D eigenvalue weighted by Gasteiger charge is 2.38. The molecule has 0 unspecified atom stereocenters. The summed E-state index contributed by atoms with van der Waals surface area (Å²) < 4.78 is 5.86. The van der Waals surface area contributed by atoms with Crippen LogP contribution in [-0.4, -0.2) is 66.6 Å². The van der Waals surface area contributed by atoms with Gasteiger partial charge in [0.15, 0.2) is 0 Å². The number of likely N-dealkylation sites (N-methyl/N-ethyl adjacent to an activating group) is 1. The number of rotatable bonds is 1. The predicted molar refractivity (Wildman–Crippen MR) is 75.9 cm³/mol. The fraction of sp³-hybridized carbons (Fsp3) is 0.571. The second-order valence-electron chi connectivity index (χ2n) is 5.49. The van der Waals surface area contributed by atoms with Crippen molar-refractivity contribution in [3.8, 4) is 0 Å². The molecular weight excluding hydrogens is 278 g/mol. The van der Waals surface area contributed by atoms with Crippen LogP contribution in [0.15, 0.2) is 18.2 Å². The van der Waals surface area contributed by atoms with Crippen molar-refractivity contribution in [3.63, 3.8) is 0 Å². The number of likely N-dealkylation sites (tertiary alicyclic amines) is 1. The van der Waals surface area contributed by atoms with Gasteiger partial charge in [0.25, 0.3) is 5.91 Å². The number of pyridine rings is 1. The van der Waals surface area contributed by atoms with Gasteiger partial charge in [0.1, 0.15) is 10.8 Å². The number of fused-ring (bicyclic) bond motifs is 1. The van der Waals surface area contributed by atoms with Gasteiger partial charge in [-0.1, -0.05) is 17.7 Å². The Morgan fingerprint density at radius 3 is 3.05 bits per heavy atom. The van der Waals surface area contributed by atoms with E-state index in [1.54, 1.807) is 18.2 Å². The van der Waals surface area contributed by atoms with Crippen molar-refractivity contribution in [3.05, 3.63) is 29.0 Å².